The molecule has 0 unspecified atom stereocenters. The Morgan fingerprint density at radius 3 is 2.67 bits per heavy atom. The molecule has 2 aromatic heterocycles. The van der Waals surface area contributed by atoms with E-state index in [4.69, 9.17) is 23.1 Å². The Morgan fingerprint density at radius 2 is 1.92 bits per heavy atom. The first-order valence-corrected chi connectivity index (χ1v) is 7.92. The van der Waals surface area contributed by atoms with E-state index in [1.165, 1.54) is 0 Å². The van der Waals surface area contributed by atoms with Crippen LogP contribution < -0.4 is 11.5 Å². The third kappa shape index (κ3) is 2.02. The van der Waals surface area contributed by atoms with Crippen molar-refractivity contribution in [1.29, 1.82) is 0 Å². The largest absolute Gasteiger partial charge is 0.397 e. The van der Waals surface area contributed by atoms with Gasteiger partial charge in [-0.05, 0) is 43.2 Å². The first-order valence-electron chi connectivity index (χ1n) is 7.54. The summed E-state index contributed by atoms with van der Waals surface area (Å²) in [4.78, 5) is 8.76. The van der Waals surface area contributed by atoms with Gasteiger partial charge in [0.15, 0.2) is 0 Å². The molecule has 0 spiro atoms. The van der Waals surface area contributed by atoms with E-state index in [1.54, 1.807) is 12.5 Å². The van der Waals surface area contributed by atoms with Crippen LogP contribution in [0.4, 0.5) is 11.5 Å². The molecule has 0 amide bonds. The first kappa shape index (κ1) is 14.8. The number of aryl methyl sites for hydroxylation is 2. The Labute approximate surface area is 143 Å². The van der Waals surface area contributed by atoms with Gasteiger partial charge in [-0.2, -0.15) is 0 Å². The molecule has 0 radical (unpaired) electrons. The zero-order valence-electron chi connectivity index (χ0n) is 13.3. The van der Waals surface area contributed by atoms with Crippen LogP contribution in [0.1, 0.15) is 11.1 Å². The molecule has 120 valence electrons. The summed E-state index contributed by atoms with van der Waals surface area (Å²) in [5.74, 6) is 0.410. The van der Waals surface area contributed by atoms with Crippen LogP contribution in [0.15, 0.2) is 36.8 Å². The normalized spacial score (nSPS) is 11.5. The van der Waals surface area contributed by atoms with Crippen LogP contribution in [0.3, 0.4) is 0 Å². The van der Waals surface area contributed by atoms with E-state index in [2.05, 4.69) is 16.0 Å². The van der Waals surface area contributed by atoms with Crippen molar-refractivity contribution in [3.63, 3.8) is 0 Å². The monoisotopic (exact) mass is 337 g/mol. The molecule has 2 aromatic carbocycles. The van der Waals surface area contributed by atoms with Crippen LogP contribution in [0.25, 0.3) is 27.7 Å². The molecule has 0 aliphatic rings. The van der Waals surface area contributed by atoms with Crippen LogP contribution >= 0.6 is 11.6 Å². The average Bonchev–Trinajstić information content (AvgIpc) is 2.98. The number of fused-ring (bicyclic) bond motifs is 3. The molecule has 5 nitrogen and oxygen atoms in total. The second-order valence-corrected chi connectivity index (χ2v) is 6.39. The summed E-state index contributed by atoms with van der Waals surface area (Å²) in [6.07, 6.45) is 3.37. The van der Waals surface area contributed by atoms with Crippen LogP contribution in [-0.2, 0) is 0 Å². The van der Waals surface area contributed by atoms with Crippen molar-refractivity contribution in [3.05, 3.63) is 52.9 Å². The number of aromatic nitrogens is 3. The van der Waals surface area contributed by atoms with E-state index in [0.29, 0.717) is 22.0 Å². The van der Waals surface area contributed by atoms with Crippen molar-refractivity contribution in [1.82, 2.24) is 14.4 Å². The molecule has 0 saturated carbocycles. The summed E-state index contributed by atoms with van der Waals surface area (Å²) in [7, 11) is 0. The van der Waals surface area contributed by atoms with Crippen molar-refractivity contribution in [2.45, 2.75) is 13.8 Å². The Bertz CT molecular complexity index is 1090. The van der Waals surface area contributed by atoms with Crippen molar-refractivity contribution in [3.8, 4) is 11.1 Å². The zero-order valence-corrected chi connectivity index (χ0v) is 14.1. The minimum Gasteiger partial charge on any atom is -0.397 e. The lowest BCUT2D eigenvalue weighted by Crippen LogP contribution is -2.02. The Balaban J connectivity index is 2.19. The highest BCUT2D eigenvalue weighted by molar-refractivity contribution is 6.34. The quantitative estimate of drug-likeness (QED) is 0.514. The maximum Gasteiger partial charge on any atom is 0.150 e. The number of nitrogens with two attached hydrogens (primary N) is 2. The molecule has 0 bridgehead atoms. The minimum absolute atomic E-state index is 0.410. The van der Waals surface area contributed by atoms with Gasteiger partial charge < -0.3 is 11.5 Å². The Kier molecular flexibility index (Phi) is 3.15. The number of anilines is 2. The van der Waals surface area contributed by atoms with E-state index in [-0.39, 0.29) is 0 Å². The molecule has 0 fully saturated rings. The third-order valence-corrected chi connectivity index (χ3v) is 4.56. The van der Waals surface area contributed by atoms with Gasteiger partial charge in [0.25, 0.3) is 0 Å². The predicted molar refractivity (Wildman–Crippen MR) is 99.2 cm³/mol. The summed E-state index contributed by atoms with van der Waals surface area (Å²) < 4.78 is 1.87. The molecule has 0 atom stereocenters. The van der Waals surface area contributed by atoms with E-state index in [9.17, 15) is 0 Å². The predicted octanol–water partition coefficient (Wildman–Crippen LogP) is 3.98. The third-order valence-electron chi connectivity index (χ3n) is 4.26. The maximum atomic E-state index is 6.54. The lowest BCUT2D eigenvalue weighted by molar-refractivity contribution is 1.19. The summed E-state index contributed by atoms with van der Waals surface area (Å²) >= 11 is 6.54. The first-order chi connectivity index (χ1) is 11.5. The number of hydrogen-bond donors (Lipinski definition) is 2. The van der Waals surface area contributed by atoms with Gasteiger partial charge in [-0.1, -0.05) is 17.7 Å². The van der Waals surface area contributed by atoms with Gasteiger partial charge in [-0.15, -0.1) is 0 Å². The van der Waals surface area contributed by atoms with Gasteiger partial charge in [0, 0.05) is 16.1 Å². The zero-order chi connectivity index (χ0) is 17.0. The smallest absolute Gasteiger partial charge is 0.150 e. The van der Waals surface area contributed by atoms with Gasteiger partial charge in [0.2, 0.25) is 0 Å². The molecule has 6 heteroatoms. The molecule has 4 rings (SSSR count). The number of imidazole rings is 1. The Hall–Kier alpha value is -2.79. The standard InChI is InChI=1S/C18H16ClN5/c1-9-5-10(2)15(12(19)6-9)11-3-4-13(20)17-16(11)23-18(21)14-7-22-8-24(14)17/h3-8H,20H2,1-2H3,(H2,21,23). The lowest BCUT2D eigenvalue weighted by Gasteiger charge is -2.15. The lowest BCUT2D eigenvalue weighted by atomic mass is 9.96. The van der Waals surface area contributed by atoms with Gasteiger partial charge >= 0.3 is 0 Å². The van der Waals surface area contributed by atoms with E-state index < -0.39 is 0 Å². The number of hydrogen-bond acceptors (Lipinski definition) is 4. The molecule has 2 heterocycles. The summed E-state index contributed by atoms with van der Waals surface area (Å²) in [6.45, 7) is 4.06. The summed E-state index contributed by atoms with van der Waals surface area (Å²) in [5.41, 5.74) is 19.2. The van der Waals surface area contributed by atoms with Crippen molar-refractivity contribution >= 4 is 39.7 Å². The Morgan fingerprint density at radius 1 is 1.12 bits per heavy atom. The van der Waals surface area contributed by atoms with E-state index in [0.717, 1.165) is 33.3 Å². The number of rotatable bonds is 1. The second-order valence-electron chi connectivity index (χ2n) is 5.98. The highest BCUT2D eigenvalue weighted by Gasteiger charge is 2.17. The minimum atomic E-state index is 0.410. The SMILES string of the molecule is Cc1cc(C)c(-c2ccc(N)c3c2nc(N)c2cncn23)c(Cl)c1. The molecular weight excluding hydrogens is 322 g/mol. The fraction of sp³-hybridized carbons (Fsp3) is 0.111. The summed E-state index contributed by atoms with van der Waals surface area (Å²) in [6, 6.07) is 7.86. The van der Waals surface area contributed by atoms with Crippen molar-refractivity contribution in [2.24, 2.45) is 0 Å². The second kappa shape index (κ2) is 5.11. The molecule has 0 aliphatic heterocycles. The number of benzene rings is 2. The van der Waals surface area contributed by atoms with Crippen LogP contribution in [0, 0.1) is 13.8 Å². The number of nitrogens with zero attached hydrogens (tertiary/aromatic N) is 3. The fourth-order valence-electron chi connectivity index (χ4n) is 3.26. The molecule has 0 saturated heterocycles. The molecule has 4 aromatic rings. The molecule has 4 N–H and O–H groups in total. The van der Waals surface area contributed by atoms with E-state index in [1.807, 2.05) is 36.4 Å². The highest BCUT2D eigenvalue weighted by Crippen LogP contribution is 2.38. The molecular formula is C18H16ClN5. The number of halogens is 1. The highest BCUT2D eigenvalue weighted by atomic mass is 35.5. The van der Waals surface area contributed by atoms with Gasteiger partial charge in [-0.25, -0.2) is 9.97 Å². The van der Waals surface area contributed by atoms with Crippen molar-refractivity contribution in [2.75, 3.05) is 11.5 Å². The number of nitrogen functional groups attached to an aromatic ring is 2. The fourth-order valence-corrected chi connectivity index (χ4v) is 3.68. The van der Waals surface area contributed by atoms with Crippen molar-refractivity contribution < 1.29 is 0 Å². The van der Waals surface area contributed by atoms with Gasteiger partial charge in [0.05, 0.1) is 29.2 Å². The summed E-state index contributed by atoms with van der Waals surface area (Å²) in [5, 5.41) is 0.685. The van der Waals surface area contributed by atoms with Gasteiger partial charge in [-0.3, -0.25) is 4.40 Å². The topological polar surface area (TPSA) is 82.2 Å². The van der Waals surface area contributed by atoms with Gasteiger partial charge in [0.1, 0.15) is 11.3 Å². The average molecular weight is 338 g/mol. The van der Waals surface area contributed by atoms with Crippen LogP contribution in [-0.4, -0.2) is 14.4 Å². The van der Waals surface area contributed by atoms with E-state index >= 15 is 0 Å². The maximum absolute atomic E-state index is 6.54. The molecule has 24 heavy (non-hydrogen) atoms. The molecule has 0 aliphatic carbocycles. The van der Waals surface area contributed by atoms with Crippen LogP contribution in [0.2, 0.25) is 5.02 Å². The van der Waals surface area contributed by atoms with Crippen LogP contribution in [0.5, 0.6) is 0 Å².